The Morgan fingerprint density at radius 2 is 2.06 bits per heavy atom. The van der Waals surface area contributed by atoms with Gasteiger partial charge in [-0.15, -0.1) is 0 Å². The highest BCUT2D eigenvalue weighted by molar-refractivity contribution is 6.00. The summed E-state index contributed by atoms with van der Waals surface area (Å²) in [6.07, 6.45) is 4.14. The molecule has 3 heterocycles. The molecule has 2 aromatic rings. The lowest BCUT2D eigenvalue weighted by molar-refractivity contribution is -0.120. The lowest BCUT2D eigenvalue weighted by atomic mass is 10.1. The number of amidine groups is 2. The molecule has 2 bridgehead atoms. The Hall–Kier alpha value is -3.72. The summed E-state index contributed by atoms with van der Waals surface area (Å²) in [5.41, 5.74) is 9.42. The summed E-state index contributed by atoms with van der Waals surface area (Å²) in [6.45, 7) is 4.23. The fraction of sp³-hybridized carbons (Fsp3) is 0.360. The average Bonchev–Trinajstić information content (AvgIpc) is 3.11. The standard InChI is InChI=1S/C25H31N7O2/c1-2-3-11-34-25-30-21(14-26)20-13-23(31-25)32(17-24(33)29-20)16-19-8-6-7-18(12-19)15-28-22-9-4-5-10-27-22/h4-10,12H,2-3,11,13-17,26H2,1H3,(H,27,28)(H,29,33). The molecule has 1 saturated heterocycles. The number of amides is 1. The molecular weight excluding hydrogens is 430 g/mol. The predicted molar refractivity (Wildman–Crippen MR) is 133 cm³/mol. The maximum atomic E-state index is 12.6. The lowest BCUT2D eigenvalue weighted by Crippen LogP contribution is -2.36. The number of pyridine rings is 1. The first kappa shape index (κ1) is 23.4. The quantitative estimate of drug-likeness (QED) is 0.495. The summed E-state index contributed by atoms with van der Waals surface area (Å²) >= 11 is 0. The van der Waals surface area contributed by atoms with Crippen molar-refractivity contribution in [1.82, 2.24) is 15.2 Å². The second kappa shape index (κ2) is 11.4. The molecule has 4 rings (SSSR count). The molecule has 9 heteroatoms. The first-order valence-corrected chi connectivity index (χ1v) is 11.6. The van der Waals surface area contributed by atoms with E-state index in [2.05, 4.69) is 45.7 Å². The van der Waals surface area contributed by atoms with Crippen LogP contribution in [0.25, 0.3) is 0 Å². The molecule has 4 N–H and O–H groups in total. The number of nitrogens with one attached hydrogen (secondary N) is 2. The average molecular weight is 462 g/mol. The van der Waals surface area contributed by atoms with E-state index in [1.54, 1.807) is 6.20 Å². The third-order valence-electron chi connectivity index (χ3n) is 5.55. The molecule has 0 atom stereocenters. The maximum Gasteiger partial charge on any atom is 0.318 e. The largest absolute Gasteiger partial charge is 0.463 e. The normalized spacial score (nSPS) is 15.7. The molecule has 1 amide bonds. The van der Waals surface area contributed by atoms with E-state index >= 15 is 0 Å². The van der Waals surface area contributed by atoms with Gasteiger partial charge in [0.2, 0.25) is 5.91 Å². The van der Waals surface area contributed by atoms with Crippen LogP contribution in [0.1, 0.15) is 37.3 Å². The van der Waals surface area contributed by atoms with Gasteiger partial charge in [0.1, 0.15) is 11.7 Å². The fourth-order valence-corrected chi connectivity index (χ4v) is 3.80. The number of fused-ring (bicyclic) bond motifs is 2. The Bertz CT molecular complexity index is 1100. The first-order valence-electron chi connectivity index (χ1n) is 11.6. The van der Waals surface area contributed by atoms with Gasteiger partial charge in [0.15, 0.2) is 0 Å². The van der Waals surface area contributed by atoms with Gasteiger partial charge < -0.3 is 26.0 Å². The molecule has 0 aliphatic carbocycles. The fourth-order valence-electron chi connectivity index (χ4n) is 3.80. The van der Waals surface area contributed by atoms with Crippen LogP contribution in [-0.2, 0) is 22.6 Å². The van der Waals surface area contributed by atoms with Crippen molar-refractivity contribution in [3.63, 3.8) is 0 Å². The zero-order valence-corrected chi connectivity index (χ0v) is 19.5. The number of anilines is 1. The summed E-state index contributed by atoms with van der Waals surface area (Å²) in [5.74, 6) is 1.46. The van der Waals surface area contributed by atoms with Crippen LogP contribution in [0.15, 0.2) is 70.0 Å². The van der Waals surface area contributed by atoms with Crippen LogP contribution in [-0.4, -0.2) is 47.3 Å². The highest BCUT2D eigenvalue weighted by atomic mass is 16.5. The predicted octanol–water partition coefficient (Wildman–Crippen LogP) is 2.77. The number of hydrogen-bond acceptors (Lipinski definition) is 8. The molecule has 9 nitrogen and oxygen atoms in total. The molecule has 0 saturated carbocycles. The molecule has 1 aromatic carbocycles. The zero-order valence-electron chi connectivity index (χ0n) is 19.5. The first-order chi connectivity index (χ1) is 16.6. The number of aromatic nitrogens is 1. The molecule has 1 aromatic heterocycles. The number of nitrogens with zero attached hydrogens (tertiary/aromatic N) is 4. The number of unbranched alkanes of at least 4 members (excludes halogenated alkanes) is 1. The van der Waals surface area contributed by atoms with Gasteiger partial charge in [0.05, 0.1) is 18.8 Å². The lowest BCUT2D eigenvalue weighted by Gasteiger charge is -2.23. The van der Waals surface area contributed by atoms with E-state index in [1.165, 1.54) is 0 Å². The Balaban J connectivity index is 1.52. The minimum atomic E-state index is -0.107. The number of rotatable bonds is 9. The molecule has 0 spiro atoms. The minimum Gasteiger partial charge on any atom is -0.463 e. The van der Waals surface area contributed by atoms with Crippen LogP contribution in [0.4, 0.5) is 5.82 Å². The van der Waals surface area contributed by atoms with Crippen LogP contribution < -0.4 is 16.4 Å². The van der Waals surface area contributed by atoms with Crippen molar-refractivity contribution < 1.29 is 9.53 Å². The van der Waals surface area contributed by atoms with Crippen LogP contribution in [0.5, 0.6) is 0 Å². The number of hydrogen-bond donors (Lipinski definition) is 3. The van der Waals surface area contributed by atoms with Crippen molar-refractivity contribution in [2.75, 3.05) is 25.0 Å². The molecule has 1 fully saturated rings. The number of benzene rings is 1. The monoisotopic (exact) mass is 461 g/mol. The second-order valence-electron chi connectivity index (χ2n) is 8.22. The van der Waals surface area contributed by atoms with Crippen LogP contribution in [0.3, 0.4) is 0 Å². The molecule has 0 unspecified atom stereocenters. The van der Waals surface area contributed by atoms with E-state index in [0.717, 1.165) is 35.6 Å². The smallest absolute Gasteiger partial charge is 0.318 e. The van der Waals surface area contributed by atoms with E-state index < -0.39 is 0 Å². The molecule has 34 heavy (non-hydrogen) atoms. The van der Waals surface area contributed by atoms with Gasteiger partial charge in [0, 0.05) is 37.9 Å². The number of carbonyl (C=O) groups excluding carboxylic acids is 1. The van der Waals surface area contributed by atoms with E-state index in [9.17, 15) is 4.79 Å². The molecule has 178 valence electrons. The summed E-state index contributed by atoms with van der Waals surface area (Å²) in [7, 11) is 0. The van der Waals surface area contributed by atoms with Gasteiger partial charge in [-0.2, -0.15) is 9.98 Å². The Morgan fingerprint density at radius 3 is 2.85 bits per heavy atom. The summed E-state index contributed by atoms with van der Waals surface area (Å²) < 4.78 is 5.82. The van der Waals surface area contributed by atoms with Gasteiger partial charge in [-0.25, -0.2) is 4.98 Å². The number of aliphatic imine (C=N–C) groups is 2. The molecule has 2 aliphatic heterocycles. The van der Waals surface area contributed by atoms with Gasteiger partial charge in [-0.05, 0) is 29.7 Å². The van der Waals surface area contributed by atoms with E-state index in [1.807, 2.05) is 29.2 Å². The van der Waals surface area contributed by atoms with Crippen molar-refractivity contribution in [3.05, 3.63) is 71.2 Å². The van der Waals surface area contributed by atoms with Crippen LogP contribution in [0, 0.1) is 0 Å². The second-order valence-corrected chi connectivity index (χ2v) is 8.22. The summed E-state index contributed by atoms with van der Waals surface area (Å²) in [6, 6.07) is 14.4. The highest BCUT2D eigenvalue weighted by Crippen LogP contribution is 2.20. The SMILES string of the molecule is CCCCOC1=NC(CN)=C2CC(=N1)N(Cc1cccc(CNc3ccccn3)c1)CC(=O)N2. The Kier molecular flexibility index (Phi) is 7.87. The number of ether oxygens (including phenoxy) is 1. The molecular formula is C25H31N7O2. The van der Waals surface area contributed by atoms with Crippen molar-refractivity contribution in [2.24, 2.45) is 15.7 Å². The van der Waals surface area contributed by atoms with Gasteiger partial charge in [-0.3, -0.25) is 4.79 Å². The minimum absolute atomic E-state index is 0.107. The van der Waals surface area contributed by atoms with E-state index in [0.29, 0.717) is 43.5 Å². The van der Waals surface area contributed by atoms with Crippen LogP contribution >= 0.6 is 0 Å². The Morgan fingerprint density at radius 1 is 1.18 bits per heavy atom. The van der Waals surface area contributed by atoms with Crippen molar-refractivity contribution in [1.29, 1.82) is 0 Å². The van der Waals surface area contributed by atoms with Gasteiger partial charge >= 0.3 is 6.02 Å². The summed E-state index contributed by atoms with van der Waals surface area (Å²) in [4.78, 5) is 28.1. The number of carbonyl (C=O) groups is 1. The third kappa shape index (κ3) is 6.20. The van der Waals surface area contributed by atoms with Gasteiger partial charge in [0.25, 0.3) is 0 Å². The van der Waals surface area contributed by atoms with Crippen LogP contribution in [0.2, 0.25) is 0 Å². The van der Waals surface area contributed by atoms with Crippen molar-refractivity contribution in [3.8, 4) is 0 Å². The van der Waals surface area contributed by atoms with Crippen molar-refractivity contribution in [2.45, 2.75) is 39.3 Å². The zero-order chi connectivity index (χ0) is 23.8. The van der Waals surface area contributed by atoms with Gasteiger partial charge in [-0.1, -0.05) is 43.7 Å². The highest BCUT2D eigenvalue weighted by Gasteiger charge is 2.27. The Labute approximate surface area is 199 Å². The third-order valence-corrected chi connectivity index (χ3v) is 5.55. The summed E-state index contributed by atoms with van der Waals surface area (Å²) in [5, 5.41) is 6.29. The molecule has 2 aliphatic rings. The van der Waals surface area contributed by atoms with E-state index in [-0.39, 0.29) is 19.0 Å². The topological polar surface area (TPSA) is 117 Å². The number of nitrogens with two attached hydrogens (primary N) is 1. The maximum absolute atomic E-state index is 12.6. The molecule has 0 radical (unpaired) electrons. The van der Waals surface area contributed by atoms with Crippen molar-refractivity contribution >= 4 is 23.6 Å². The van der Waals surface area contributed by atoms with E-state index in [4.69, 9.17) is 15.5 Å².